The first-order chi connectivity index (χ1) is 11.5. The van der Waals surface area contributed by atoms with Gasteiger partial charge >= 0.3 is 0 Å². The van der Waals surface area contributed by atoms with E-state index in [-0.39, 0.29) is 12.1 Å². The number of amides is 1. The monoisotopic (exact) mass is 342 g/mol. The molecule has 2 atom stereocenters. The van der Waals surface area contributed by atoms with Gasteiger partial charge in [0.2, 0.25) is 0 Å². The molecule has 1 amide bonds. The highest BCUT2D eigenvalue weighted by atomic mass is 32.1. The SMILES string of the molecule is Cc1ccccc1[C@@H]1NC(=O)c2c(sc3c2CC[NH+](C(C)C)C3)N1. The minimum absolute atomic E-state index is 0.0718. The van der Waals surface area contributed by atoms with Crippen molar-refractivity contribution >= 4 is 22.2 Å². The van der Waals surface area contributed by atoms with Crippen LogP contribution in [0.3, 0.4) is 0 Å². The molecular weight excluding hydrogens is 318 g/mol. The number of fused-ring (bicyclic) bond motifs is 3. The van der Waals surface area contributed by atoms with Crippen LogP contribution < -0.4 is 15.5 Å². The van der Waals surface area contributed by atoms with E-state index in [2.05, 4.69) is 43.5 Å². The Balaban J connectivity index is 1.68. The van der Waals surface area contributed by atoms with Crippen LogP contribution in [0.15, 0.2) is 24.3 Å². The van der Waals surface area contributed by atoms with Gasteiger partial charge in [-0.05, 0) is 37.5 Å². The van der Waals surface area contributed by atoms with Crippen LogP contribution in [-0.4, -0.2) is 18.5 Å². The smallest absolute Gasteiger partial charge is 0.256 e. The summed E-state index contributed by atoms with van der Waals surface area (Å²) in [6, 6.07) is 8.84. The number of carbonyl (C=O) groups is 1. The summed E-state index contributed by atoms with van der Waals surface area (Å²) in [6.45, 7) is 8.78. The molecule has 2 aliphatic rings. The van der Waals surface area contributed by atoms with Gasteiger partial charge in [0.15, 0.2) is 0 Å². The Morgan fingerprint density at radius 1 is 1.25 bits per heavy atom. The van der Waals surface area contributed by atoms with E-state index in [1.54, 1.807) is 16.2 Å². The summed E-state index contributed by atoms with van der Waals surface area (Å²) in [5.74, 6) is 0.0718. The molecule has 1 aromatic carbocycles. The van der Waals surface area contributed by atoms with Gasteiger partial charge in [0.25, 0.3) is 5.91 Å². The fourth-order valence-electron chi connectivity index (χ4n) is 3.77. The summed E-state index contributed by atoms with van der Waals surface area (Å²) in [4.78, 5) is 15.8. The quantitative estimate of drug-likeness (QED) is 0.784. The van der Waals surface area contributed by atoms with Crippen LogP contribution in [-0.2, 0) is 13.0 Å². The maximum absolute atomic E-state index is 12.8. The molecule has 24 heavy (non-hydrogen) atoms. The van der Waals surface area contributed by atoms with Crippen LogP contribution in [0.5, 0.6) is 0 Å². The molecule has 2 aromatic rings. The fraction of sp³-hybridized carbons (Fsp3) is 0.421. The second-order valence-electron chi connectivity index (χ2n) is 7.11. The second-order valence-corrected chi connectivity index (χ2v) is 8.21. The van der Waals surface area contributed by atoms with E-state index in [0.29, 0.717) is 6.04 Å². The van der Waals surface area contributed by atoms with Crippen molar-refractivity contribution in [2.24, 2.45) is 0 Å². The zero-order valence-corrected chi connectivity index (χ0v) is 15.2. The number of quaternary nitrogens is 1. The average molecular weight is 342 g/mol. The lowest BCUT2D eigenvalue weighted by Crippen LogP contribution is -3.14. The first kappa shape index (κ1) is 15.7. The molecule has 0 fully saturated rings. The molecule has 5 heteroatoms. The van der Waals surface area contributed by atoms with Gasteiger partial charge in [-0.3, -0.25) is 4.79 Å². The van der Waals surface area contributed by atoms with Crippen molar-refractivity contribution in [3.05, 3.63) is 51.4 Å². The van der Waals surface area contributed by atoms with Crippen molar-refractivity contribution in [2.45, 2.75) is 45.9 Å². The first-order valence-electron chi connectivity index (χ1n) is 8.66. The van der Waals surface area contributed by atoms with Gasteiger partial charge in [0.1, 0.15) is 17.7 Å². The van der Waals surface area contributed by atoms with E-state index in [9.17, 15) is 4.79 Å². The van der Waals surface area contributed by atoms with Crippen molar-refractivity contribution in [2.75, 3.05) is 11.9 Å². The Hall–Kier alpha value is -1.85. The summed E-state index contributed by atoms with van der Waals surface area (Å²) in [5, 5.41) is 7.76. The molecule has 3 heterocycles. The summed E-state index contributed by atoms with van der Waals surface area (Å²) in [5.41, 5.74) is 4.49. The van der Waals surface area contributed by atoms with Crippen LogP contribution in [0, 0.1) is 6.92 Å². The minimum Gasteiger partial charge on any atom is -0.353 e. The standard InChI is InChI=1S/C19H23N3OS/c1-11(2)22-9-8-14-15(10-22)24-19-16(14)18(23)20-17(21-19)13-7-5-4-6-12(13)3/h4-7,11,17,21H,8-10H2,1-3H3,(H,20,23)/p+1/t17-/m1/s1. The predicted octanol–water partition coefficient (Wildman–Crippen LogP) is 2.26. The molecule has 0 saturated carbocycles. The van der Waals surface area contributed by atoms with Crippen molar-refractivity contribution in [3.8, 4) is 0 Å². The molecule has 2 aliphatic heterocycles. The highest BCUT2D eigenvalue weighted by molar-refractivity contribution is 7.16. The van der Waals surface area contributed by atoms with Crippen LogP contribution >= 0.6 is 11.3 Å². The third kappa shape index (κ3) is 2.52. The largest absolute Gasteiger partial charge is 0.353 e. The summed E-state index contributed by atoms with van der Waals surface area (Å²) in [7, 11) is 0. The molecule has 0 saturated heterocycles. The number of hydrogen-bond acceptors (Lipinski definition) is 3. The Morgan fingerprint density at radius 3 is 2.79 bits per heavy atom. The van der Waals surface area contributed by atoms with Gasteiger partial charge in [-0.15, -0.1) is 11.3 Å². The van der Waals surface area contributed by atoms with Crippen LogP contribution in [0.2, 0.25) is 0 Å². The number of rotatable bonds is 2. The van der Waals surface area contributed by atoms with Crippen molar-refractivity contribution in [3.63, 3.8) is 0 Å². The van der Waals surface area contributed by atoms with Gasteiger partial charge in [0.05, 0.1) is 23.0 Å². The summed E-state index contributed by atoms with van der Waals surface area (Å²) in [6.07, 6.45) is 0.860. The van der Waals surface area contributed by atoms with Crippen molar-refractivity contribution < 1.29 is 9.69 Å². The number of nitrogens with one attached hydrogen (secondary N) is 3. The third-order valence-corrected chi connectivity index (χ3v) is 6.43. The molecular formula is C19H24N3OS+. The molecule has 3 N–H and O–H groups in total. The maximum atomic E-state index is 12.8. The van der Waals surface area contributed by atoms with Crippen molar-refractivity contribution in [1.82, 2.24) is 5.32 Å². The lowest BCUT2D eigenvalue weighted by molar-refractivity contribution is -0.936. The molecule has 126 valence electrons. The van der Waals surface area contributed by atoms with E-state index in [1.807, 2.05) is 12.1 Å². The molecule has 1 unspecified atom stereocenters. The maximum Gasteiger partial charge on any atom is 0.256 e. The van der Waals surface area contributed by atoms with E-state index < -0.39 is 0 Å². The van der Waals surface area contributed by atoms with E-state index >= 15 is 0 Å². The highest BCUT2D eigenvalue weighted by Gasteiger charge is 2.35. The fourth-order valence-corrected chi connectivity index (χ4v) is 5.10. The van der Waals surface area contributed by atoms with Gasteiger partial charge < -0.3 is 15.5 Å². The lowest BCUT2D eigenvalue weighted by atomic mass is 9.99. The number of thiophene rings is 1. The van der Waals surface area contributed by atoms with Crippen molar-refractivity contribution in [1.29, 1.82) is 0 Å². The van der Waals surface area contributed by atoms with E-state index in [0.717, 1.165) is 35.6 Å². The predicted molar refractivity (Wildman–Crippen MR) is 97.7 cm³/mol. The van der Waals surface area contributed by atoms with Crippen LogP contribution in [0.4, 0.5) is 5.00 Å². The minimum atomic E-state index is -0.139. The molecule has 0 aliphatic carbocycles. The zero-order chi connectivity index (χ0) is 16.8. The van der Waals surface area contributed by atoms with Crippen LogP contribution in [0.1, 0.15) is 51.9 Å². The second kappa shape index (κ2) is 5.90. The Bertz CT molecular complexity index is 796. The zero-order valence-electron chi connectivity index (χ0n) is 14.4. The normalized spacial score (nSPS) is 22.6. The van der Waals surface area contributed by atoms with E-state index in [4.69, 9.17) is 0 Å². The number of aryl methyl sites for hydroxylation is 1. The molecule has 4 rings (SSSR count). The lowest BCUT2D eigenvalue weighted by Gasteiger charge is -2.29. The summed E-state index contributed by atoms with van der Waals surface area (Å²) >= 11 is 1.77. The summed E-state index contributed by atoms with van der Waals surface area (Å²) < 4.78 is 0. The molecule has 4 nitrogen and oxygen atoms in total. The van der Waals surface area contributed by atoms with Gasteiger partial charge in [-0.25, -0.2) is 0 Å². The van der Waals surface area contributed by atoms with Crippen LogP contribution in [0.25, 0.3) is 0 Å². The van der Waals surface area contributed by atoms with Gasteiger partial charge in [0, 0.05) is 6.42 Å². The third-order valence-electron chi connectivity index (χ3n) is 5.27. The topological polar surface area (TPSA) is 45.6 Å². The number of benzene rings is 1. The van der Waals surface area contributed by atoms with Gasteiger partial charge in [-0.2, -0.15) is 0 Å². The molecule has 1 aromatic heterocycles. The highest BCUT2D eigenvalue weighted by Crippen LogP contribution is 2.39. The number of hydrogen-bond donors (Lipinski definition) is 3. The molecule has 0 bridgehead atoms. The van der Waals surface area contributed by atoms with Gasteiger partial charge in [-0.1, -0.05) is 24.3 Å². The average Bonchev–Trinajstić information content (AvgIpc) is 2.92. The van der Waals surface area contributed by atoms with E-state index in [1.165, 1.54) is 16.0 Å². The Kier molecular flexibility index (Phi) is 3.85. The first-order valence-corrected chi connectivity index (χ1v) is 9.48. The number of anilines is 1. The Labute approximate surface area is 146 Å². The number of carbonyl (C=O) groups excluding carboxylic acids is 1. The molecule has 0 spiro atoms. The molecule has 0 radical (unpaired) electrons. The Morgan fingerprint density at radius 2 is 2.04 bits per heavy atom.